The minimum Gasteiger partial charge on any atom is -0.497 e. The highest BCUT2D eigenvalue weighted by atomic mass is 32.2. The van der Waals surface area contributed by atoms with Gasteiger partial charge >= 0.3 is 0 Å². The molecule has 0 radical (unpaired) electrons. The van der Waals surface area contributed by atoms with Gasteiger partial charge in [-0.1, -0.05) is 36.0 Å². The number of amides is 1. The van der Waals surface area contributed by atoms with Gasteiger partial charge in [0.1, 0.15) is 10.4 Å². The zero-order chi connectivity index (χ0) is 21.1. The molecule has 0 saturated heterocycles. The van der Waals surface area contributed by atoms with Crippen molar-refractivity contribution in [1.29, 1.82) is 0 Å². The van der Waals surface area contributed by atoms with Crippen molar-refractivity contribution >= 4 is 55.0 Å². The van der Waals surface area contributed by atoms with Crippen LogP contribution in [0.25, 0.3) is 20.3 Å². The Hall–Kier alpha value is -2.88. The first kappa shape index (κ1) is 20.4. The van der Waals surface area contributed by atoms with E-state index in [4.69, 9.17) is 4.74 Å². The Kier molecular flexibility index (Phi) is 6.03. The molecule has 1 amide bonds. The van der Waals surface area contributed by atoms with Crippen molar-refractivity contribution in [3.05, 3.63) is 58.9 Å². The molecule has 0 saturated carbocycles. The molecule has 2 aromatic carbocycles. The number of aliphatic hydroxyl groups is 1. The molecule has 4 rings (SSSR count). The van der Waals surface area contributed by atoms with E-state index >= 15 is 0 Å². The minimum absolute atomic E-state index is 0.0721. The Bertz CT molecular complexity index is 1280. The van der Waals surface area contributed by atoms with Gasteiger partial charge in [0.05, 0.1) is 31.5 Å². The number of hydrogen-bond donors (Lipinski definition) is 2. The molecule has 7 nitrogen and oxygen atoms in total. The highest BCUT2D eigenvalue weighted by Crippen LogP contribution is 2.31. The monoisotopic (exact) mass is 441 g/mol. The van der Waals surface area contributed by atoms with Gasteiger partial charge in [-0.3, -0.25) is 14.2 Å². The van der Waals surface area contributed by atoms with Gasteiger partial charge in [-0.25, -0.2) is 4.98 Å². The van der Waals surface area contributed by atoms with Crippen LogP contribution in [0.2, 0.25) is 0 Å². The maximum atomic E-state index is 13.0. The maximum absolute atomic E-state index is 13.0. The number of nitrogens with zero attached hydrogens (tertiary/aromatic N) is 2. The smallest absolute Gasteiger partial charge is 0.272 e. The zero-order valence-electron chi connectivity index (χ0n) is 16.1. The fourth-order valence-electron chi connectivity index (χ4n) is 3.09. The van der Waals surface area contributed by atoms with Crippen LogP contribution in [-0.2, 0) is 11.3 Å². The summed E-state index contributed by atoms with van der Waals surface area (Å²) in [5, 5.41) is 13.5. The van der Waals surface area contributed by atoms with Crippen molar-refractivity contribution in [2.24, 2.45) is 0 Å². The second kappa shape index (κ2) is 8.86. The van der Waals surface area contributed by atoms with Crippen molar-refractivity contribution < 1.29 is 14.6 Å². The number of rotatable bonds is 7. The number of hydrogen-bond acceptors (Lipinski definition) is 7. The molecule has 2 heterocycles. The summed E-state index contributed by atoms with van der Waals surface area (Å²) in [6, 6.07) is 14.8. The van der Waals surface area contributed by atoms with Gasteiger partial charge in [-0.05, 0) is 18.2 Å². The lowest BCUT2D eigenvalue weighted by Gasteiger charge is -2.11. The van der Waals surface area contributed by atoms with E-state index in [2.05, 4.69) is 10.3 Å². The van der Waals surface area contributed by atoms with Crippen LogP contribution in [0.15, 0.2) is 58.5 Å². The van der Waals surface area contributed by atoms with E-state index in [0.29, 0.717) is 26.8 Å². The normalized spacial score (nSPS) is 11.1. The molecule has 0 fully saturated rings. The van der Waals surface area contributed by atoms with Crippen molar-refractivity contribution in [3.63, 3.8) is 0 Å². The predicted molar refractivity (Wildman–Crippen MR) is 121 cm³/mol. The van der Waals surface area contributed by atoms with E-state index in [1.165, 1.54) is 27.7 Å². The number of nitrogens with one attached hydrogen (secondary N) is 1. The number of ether oxygens (including phenoxy) is 1. The van der Waals surface area contributed by atoms with E-state index < -0.39 is 0 Å². The summed E-state index contributed by atoms with van der Waals surface area (Å²) in [6.07, 6.45) is 0. The van der Waals surface area contributed by atoms with Crippen molar-refractivity contribution in [2.45, 2.75) is 11.7 Å². The van der Waals surface area contributed by atoms with Gasteiger partial charge in [0.2, 0.25) is 5.91 Å². The molecule has 4 aromatic rings. The molecular weight excluding hydrogens is 422 g/mol. The first-order valence-electron chi connectivity index (χ1n) is 9.20. The van der Waals surface area contributed by atoms with Crippen LogP contribution in [0.1, 0.15) is 0 Å². The molecule has 0 unspecified atom stereocenters. The molecule has 0 aliphatic carbocycles. The largest absolute Gasteiger partial charge is 0.497 e. The average Bonchev–Trinajstić information content (AvgIpc) is 3.13. The number of benzene rings is 2. The summed E-state index contributed by atoms with van der Waals surface area (Å²) in [5.74, 6) is 0.491. The van der Waals surface area contributed by atoms with Crippen LogP contribution >= 0.6 is 23.1 Å². The first-order valence-corrected chi connectivity index (χ1v) is 11.0. The number of aromatic nitrogens is 2. The number of fused-ring (bicyclic) bond motifs is 3. The third-order valence-electron chi connectivity index (χ3n) is 4.46. The van der Waals surface area contributed by atoms with Crippen LogP contribution in [0.4, 0.5) is 5.69 Å². The standard InChI is InChI=1S/C21H19N3O4S2/c1-28-14-6-4-5-13(11-14)22-17(26)12-29-21-23-18-15-7-2-3-8-16(15)30-19(18)20(27)24(21)9-10-25/h2-8,11,25H,9-10,12H2,1H3,(H,22,26). The van der Waals surface area contributed by atoms with Crippen molar-refractivity contribution in [1.82, 2.24) is 9.55 Å². The molecule has 9 heteroatoms. The van der Waals surface area contributed by atoms with E-state index in [9.17, 15) is 14.7 Å². The van der Waals surface area contributed by atoms with Gasteiger partial charge < -0.3 is 15.2 Å². The van der Waals surface area contributed by atoms with Gasteiger partial charge in [0.25, 0.3) is 5.56 Å². The summed E-state index contributed by atoms with van der Waals surface area (Å²) < 4.78 is 8.12. The van der Waals surface area contributed by atoms with Gasteiger partial charge in [-0.2, -0.15) is 0 Å². The van der Waals surface area contributed by atoms with Crippen LogP contribution in [0.3, 0.4) is 0 Å². The maximum Gasteiger partial charge on any atom is 0.272 e. The highest BCUT2D eigenvalue weighted by molar-refractivity contribution is 7.99. The van der Waals surface area contributed by atoms with Crippen LogP contribution in [-0.4, -0.2) is 40.0 Å². The Morgan fingerprint density at radius 1 is 1.27 bits per heavy atom. The zero-order valence-corrected chi connectivity index (χ0v) is 17.8. The molecular formula is C21H19N3O4S2. The summed E-state index contributed by atoms with van der Waals surface area (Å²) in [4.78, 5) is 30.1. The molecule has 154 valence electrons. The summed E-state index contributed by atoms with van der Waals surface area (Å²) in [6.45, 7) is -0.0720. The van der Waals surface area contributed by atoms with Crippen LogP contribution in [0, 0.1) is 0 Å². The summed E-state index contributed by atoms with van der Waals surface area (Å²) in [7, 11) is 1.56. The second-order valence-corrected chi connectivity index (χ2v) is 8.41. The number of methoxy groups -OCH3 is 1. The number of carbonyl (C=O) groups excluding carboxylic acids is 1. The fourth-order valence-corrected chi connectivity index (χ4v) is 5.00. The predicted octanol–water partition coefficient (Wildman–Crippen LogP) is 3.34. The quantitative estimate of drug-likeness (QED) is 0.338. The number of thiophene rings is 1. The molecule has 0 aliphatic heterocycles. The number of thioether (sulfide) groups is 1. The van der Waals surface area contributed by atoms with Gasteiger partial charge in [-0.15, -0.1) is 11.3 Å². The molecule has 2 N–H and O–H groups in total. The summed E-state index contributed by atoms with van der Waals surface area (Å²) in [5.41, 5.74) is 1.05. The van der Waals surface area contributed by atoms with E-state index in [-0.39, 0.29) is 30.4 Å². The number of carbonyl (C=O) groups is 1. The highest BCUT2D eigenvalue weighted by Gasteiger charge is 2.17. The molecule has 0 bridgehead atoms. The van der Waals surface area contributed by atoms with E-state index in [1.807, 2.05) is 24.3 Å². The molecule has 30 heavy (non-hydrogen) atoms. The molecule has 2 aromatic heterocycles. The Morgan fingerprint density at radius 2 is 2.10 bits per heavy atom. The lowest BCUT2D eigenvalue weighted by atomic mass is 10.2. The fraction of sp³-hybridized carbons (Fsp3) is 0.190. The van der Waals surface area contributed by atoms with Crippen molar-refractivity contribution in [3.8, 4) is 5.75 Å². The van der Waals surface area contributed by atoms with Gasteiger partial charge in [0.15, 0.2) is 5.16 Å². The summed E-state index contributed by atoms with van der Waals surface area (Å²) >= 11 is 2.56. The Labute approximate surface area is 180 Å². The van der Waals surface area contributed by atoms with E-state index in [0.717, 1.165) is 10.1 Å². The number of aliphatic hydroxyl groups excluding tert-OH is 1. The Balaban J connectivity index is 1.62. The average molecular weight is 442 g/mol. The lowest BCUT2D eigenvalue weighted by Crippen LogP contribution is -2.25. The van der Waals surface area contributed by atoms with Crippen molar-refractivity contribution in [2.75, 3.05) is 24.8 Å². The van der Waals surface area contributed by atoms with Crippen LogP contribution in [0.5, 0.6) is 5.75 Å². The topological polar surface area (TPSA) is 93.5 Å². The van der Waals surface area contributed by atoms with Gasteiger partial charge in [0, 0.05) is 21.8 Å². The lowest BCUT2D eigenvalue weighted by molar-refractivity contribution is -0.113. The first-order chi connectivity index (χ1) is 14.6. The Morgan fingerprint density at radius 3 is 2.90 bits per heavy atom. The third kappa shape index (κ3) is 4.04. The third-order valence-corrected chi connectivity index (χ3v) is 6.58. The second-order valence-electron chi connectivity index (χ2n) is 6.42. The SMILES string of the molecule is COc1cccc(NC(=O)CSc2nc3c(sc4ccccc43)c(=O)n2CCO)c1. The molecule has 0 atom stereocenters. The molecule has 0 aliphatic rings. The molecule has 0 spiro atoms. The minimum atomic E-state index is -0.228. The number of anilines is 1. The van der Waals surface area contributed by atoms with Crippen LogP contribution < -0.4 is 15.6 Å². The van der Waals surface area contributed by atoms with E-state index in [1.54, 1.807) is 31.4 Å².